The van der Waals surface area contributed by atoms with Crippen LogP contribution in [0.4, 0.5) is 0 Å². The van der Waals surface area contributed by atoms with Crippen molar-refractivity contribution in [2.75, 3.05) is 33.4 Å². The van der Waals surface area contributed by atoms with Crippen LogP contribution in [0.3, 0.4) is 0 Å². The number of aromatic nitrogens is 1. The Hall–Kier alpha value is -1.96. The number of hydrogen-bond donors (Lipinski definition) is 3. The molecule has 0 aliphatic heterocycles. The summed E-state index contributed by atoms with van der Waals surface area (Å²) in [4.78, 5) is 17.3. The number of nitrogens with zero attached hydrogens (tertiary/aromatic N) is 1. The number of pyridine rings is 1. The molecule has 0 atom stereocenters. The number of H-pyrrole nitrogens is 1. The molecular weight excluding hydrogens is 338 g/mol. The van der Waals surface area contributed by atoms with Gasteiger partial charge >= 0.3 is 0 Å². The number of hydrogen-bond acceptors (Lipinski definition) is 4. The third kappa shape index (κ3) is 5.52. The molecule has 1 aromatic carbocycles. The van der Waals surface area contributed by atoms with Crippen LogP contribution < -0.4 is 10.9 Å². The summed E-state index contributed by atoms with van der Waals surface area (Å²) < 4.78 is 5.01. The summed E-state index contributed by atoms with van der Waals surface area (Å²) in [5, 5.41) is 13.8. The van der Waals surface area contributed by atoms with E-state index in [1.54, 1.807) is 7.11 Å². The predicted molar refractivity (Wildman–Crippen MR) is 104 cm³/mol. The maximum Gasteiger partial charge on any atom is 0.253 e. The van der Waals surface area contributed by atoms with E-state index in [1.807, 2.05) is 36.1 Å². The van der Waals surface area contributed by atoms with Crippen molar-refractivity contribution in [1.82, 2.24) is 15.2 Å². The number of ether oxygens (including phenoxy) is 1. The van der Waals surface area contributed by atoms with E-state index in [0.29, 0.717) is 43.3 Å². The van der Waals surface area contributed by atoms with Crippen molar-refractivity contribution in [1.29, 1.82) is 0 Å². The molecule has 0 bridgehead atoms. The van der Waals surface area contributed by atoms with Crippen molar-refractivity contribution in [2.45, 2.75) is 19.9 Å². The maximum atomic E-state index is 12.4. The Morgan fingerprint density at radius 3 is 2.92 bits per heavy atom. The van der Waals surface area contributed by atoms with E-state index in [2.05, 4.69) is 10.3 Å². The first kappa shape index (κ1) is 19.4. The zero-order chi connectivity index (χ0) is 18.2. The number of nitrogens with one attached hydrogen (secondary N) is 2. The van der Waals surface area contributed by atoms with Gasteiger partial charge in [0.15, 0.2) is 5.11 Å². The van der Waals surface area contributed by atoms with Gasteiger partial charge in [-0.2, -0.15) is 0 Å². The minimum absolute atomic E-state index is 0.0739. The normalized spacial score (nSPS) is 10.8. The molecule has 0 fully saturated rings. The third-order valence-corrected chi connectivity index (χ3v) is 4.30. The van der Waals surface area contributed by atoms with Crippen molar-refractivity contribution in [3.05, 3.63) is 45.7 Å². The fraction of sp³-hybridized carbons (Fsp3) is 0.444. The summed E-state index contributed by atoms with van der Waals surface area (Å²) in [6.07, 6.45) is 0.580. The minimum atomic E-state index is -0.119. The first-order valence-electron chi connectivity index (χ1n) is 8.30. The van der Waals surface area contributed by atoms with Crippen LogP contribution in [0.25, 0.3) is 10.9 Å². The lowest BCUT2D eigenvalue weighted by Crippen LogP contribution is -2.42. The summed E-state index contributed by atoms with van der Waals surface area (Å²) in [7, 11) is 1.63. The van der Waals surface area contributed by atoms with Crippen LogP contribution in [0.5, 0.6) is 0 Å². The number of thiocarbonyl (C=S) groups is 1. The summed E-state index contributed by atoms with van der Waals surface area (Å²) in [6, 6.07) is 7.88. The van der Waals surface area contributed by atoms with E-state index in [9.17, 15) is 4.79 Å². The van der Waals surface area contributed by atoms with Crippen molar-refractivity contribution in [2.24, 2.45) is 0 Å². The van der Waals surface area contributed by atoms with E-state index < -0.39 is 0 Å². The summed E-state index contributed by atoms with van der Waals surface area (Å²) in [5.41, 5.74) is 2.46. The molecule has 136 valence electrons. The van der Waals surface area contributed by atoms with Gasteiger partial charge in [-0.15, -0.1) is 0 Å². The molecule has 6 nitrogen and oxygen atoms in total. The van der Waals surface area contributed by atoms with Gasteiger partial charge in [0.25, 0.3) is 5.56 Å². The van der Waals surface area contributed by atoms with E-state index >= 15 is 0 Å². The van der Waals surface area contributed by atoms with Crippen LogP contribution in [-0.2, 0) is 11.3 Å². The van der Waals surface area contributed by atoms with E-state index in [1.165, 1.54) is 0 Å². The van der Waals surface area contributed by atoms with Crippen LogP contribution in [0.2, 0.25) is 0 Å². The van der Waals surface area contributed by atoms with Crippen LogP contribution in [-0.4, -0.2) is 53.5 Å². The molecule has 0 saturated heterocycles. The van der Waals surface area contributed by atoms with E-state index in [4.69, 9.17) is 22.1 Å². The van der Waals surface area contributed by atoms with Gasteiger partial charge in [0.05, 0.1) is 13.2 Å². The Labute approximate surface area is 152 Å². The SMILES string of the molecule is COCCNC(=S)N(CCCO)Cc1cc2ccc(C)cc2[nH]c1=O. The zero-order valence-corrected chi connectivity index (χ0v) is 15.5. The number of benzene rings is 1. The number of aliphatic hydroxyl groups is 1. The molecule has 1 aromatic heterocycles. The topological polar surface area (TPSA) is 77.6 Å². The molecule has 0 radical (unpaired) electrons. The summed E-state index contributed by atoms with van der Waals surface area (Å²) in [6.45, 7) is 4.16. The van der Waals surface area contributed by atoms with Gasteiger partial charge in [0.2, 0.25) is 0 Å². The van der Waals surface area contributed by atoms with Crippen molar-refractivity contribution in [3.63, 3.8) is 0 Å². The number of aryl methyl sites for hydroxylation is 1. The van der Waals surface area contributed by atoms with Crippen LogP contribution in [0.1, 0.15) is 17.5 Å². The molecule has 0 spiro atoms. The molecule has 3 N–H and O–H groups in total. The number of fused-ring (bicyclic) bond motifs is 1. The van der Waals surface area contributed by atoms with E-state index in [0.717, 1.165) is 16.5 Å². The van der Waals surface area contributed by atoms with Gasteiger partial charge in [-0.3, -0.25) is 4.79 Å². The van der Waals surface area contributed by atoms with Crippen molar-refractivity contribution in [3.8, 4) is 0 Å². The Balaban J connectivity index is 2.20. The highest BCUT2D eigenvalue weighted by molar-refractivity contribution is 7.80. The summed E-state index contributed by atoms with van der Waals surface area (Å²) in [5.74, 6) is 0. The van der Waals surface area contributed by atoms with Gasteiger partial charge in [-0.05, 0) is 48.6 Å². The maximum absolute atomic E-state index is 12.4. The van der Waals surface area contributed by atoms with Gasteiger partial charge in [0, 0.05) is 37.9 Å². The monoisotopic (exact) mass is 363 g/mol. The first-order chi connectivity index (χ1) is 12.0. The average Bonchev–Trinajstić information content (AvgIpc) is 2.59. The number of aromatic amines is 1. The lowest BCUT2D eigenvalue weighted by atomic mass is 10.1. The quantitative estimate of drug-likeness (QED) is 0.488. The number of methoxy groups -OCH3 is 1. The van der Waals surface area contributed by atoms with Crippen LogP contribution in [0, 0.1) is 6.92 Å². The fourth-order valence-corrected chi connectivity index (χ4v) is 2.83. The van der Waals surface area contributed by atoms with Crippen molar-refractivity contribution >= 4 is 28.2 Å². The van der Waals surface area contributed by atoms with Crippen LogP contribution >= 0.6 is 12.2 Å². The minimum Gasteiger partial charge on any atom is -0.396 e. The smallest absolute Gasteiger partial charge is 0.253 e. The molecule has 0 aliphatic carbocycles. The largest absolute Gasteiger partial charge is 0.396 e. The second-order valence-electron chi connectivity index (χ2n) is 5.94. The Morgan fingerprint density at radius 2 is 2.20 bits per heavy atom. The number of rotatable bonds is 8. The highest BCUT2D eigenvalue weighted by atomic mass is 32.1. The second-order valence-corrected chi connectivity index (χ2v) is 6.32. The molecular formula is C18H25N3O3S. The molecule has 2 aromatic rings. The zero-order valence-electron chi connectivity index (χ0n) is 14.7. The Kier molecular flexibility index (Phi) is 7.36. The Morgan fingerprint density at radius 1 is 1.40 bits per heavy atom. The van der Waals surface area contributed by atoms with Crippen molar-refractivity contribution < 1.29 is 9.84 Å². The lowest BCUT2D eigenvalue weighted by molar-refractivity contribution is 0.202. The van der Waals surface area contributed by atoms with Gasteiger partial charge < -0.3 is 25.0 Å². The molecule has 0 amide bonds. The number of aliphatic hydroxyl groups excluding tert-OH is 1. The predicted octanol–water partition coefficient (Wildman–Crippen LogP) is 1.54. The second kappa shape index (κ2) is 9.50. The Bertz CT molecular complexity index is 776. The summed E-state index contributed by atoms with van der Waals surface area (Å²) >= 11 is 5.42. The molecule has 0 saturated carbocycles. The standard InChI is InChI=1S/C18H25N3O3S/c1-13-4-5-14-11-15(17(23)20-16(14)10-13)12-21(7-3-8-22)18(25)19-6-9-24-2/h4-5,10-11,22H,3,6-9,12H2,1-2H3,(H,19,25)(H,20,23). The molecule has 0 unspecified atom stereocenters. The molecule has 2 rings (SSSR count). The molecule has 25 heavy (non-hydrogen) atoms. The fourth-order valence-electron chi connectivity index (χ4n) is 2.57. The lowest BCUT2D eigenvalue weighted by Gasteiger charge is -2.25. The third-order valence-electron chi connectivity index (χ3n) is 3.90. The molecule has 7 heteroatoms. The average molecular weight is 363 g/mol. The van der Waals surface area contributed by atoms with Gasteiger partial charge in [0.1, 0.15) is 0 Å². The highest BCUT2D eigenvalue weighted by Gasteiger charge is 2.13. The molecule has 0 aliphatic rings. The highest BCUT2D eigenvalue weighted by Crippen LogP contribution is 2.14. The van der Waals surface area contributed by atoms with E-state index in [-0.39, 0.29) is 12.2 Å². The molecule has 1 heterocycles. The van der Waals surface area contributed by atoms with Gasteiger partial charge in [-0.1, -0.05) is 12.1 Å². The first-order valence-corrected chi connectivity index (χ1v) is 8.71. The van der Waals surface area contributed by atoms with Crippen LogP contribution in [0.15, 0.2) is 29.1 Å². The van der Waals surface area contributed by atoms with Gasteiger partial charge in [-0.25, -0.2) is 0 Å².